The summed E-state index contributed by atoms with van der Waals surface area (Å²) in [7, 11) is 0. The predicted molar refractivity (Wildman–Crippen MR) is 98.9 cm³/mol. The molecule has 4 heteroatoms. The van der Waals surface area contributed by atoms with Gasteiger partial charge in [0, 0.05) is 6.42 Å². The molecule has 0 saturated heterocycles. The van der Waals surface area contributed by atoms with Crippen LogP contribution in [0, 0.1) is 0 Å². The lowest BCUT2D eigenvalue weighted by atomic mass is 10.0. The third-order valence-corrected chi connectivity index (χ3v) is 3.73. The summed E-state index contributed by atoms with van der Waals surface area (Å²) in [5, 5.41) is 28.1. The second kappa shape index (κ2) is 16.5. The van der Waals surface area contributed by atoms with E-state index >= 15 is 0 Å². The van der Waals surface area contributed by atoms with Gasteiger partial charge in [0.1, 0.15) is 0 Å². The van der Waals surface area contributed by atoms with Gasteiger partial charge in [0.05, 0.1) is 12.2 Å². The molecule has 0 aromatic carbocycles. The highest BCUT2D eigenvalue weighted by atomic mass is 16.4. The van der Waals surface area contributed by atoms with Gasteiger partial charge in [0.2, 0.25) is 0 Å². The smallest absolute Gasteiger partial charge is 0.303 e. The number of unbranched alkanes of at least 4 members (excludes halogenated alkanes) is 3. The maximum Gasteiger partial charge on any atom is 0.303 e. The molecule has 3 N–H and O–H groups in total. The molecule has 0 rings (SSSR count). The molecule has 0 aromatic rings. The molecule has 0 aromatic heterocycles. The Kier molecular flexibility index (Phi) is 15.5. The Morgan fingerprint density at radius 1 is 0.875 bits per heavy atom. The third-order valence-electron chi connectivity index (χ3n) is 3.73. The van der Waals surface area contributed by atoms with Crippen LogP contribution in [0.1, 0.15) is 71.1 Å². The van der Waals surface area contributed by atoms with Gasteiger partial charge in [-0.05, 0) is 38.5 Å². The zero-order valence-corrected chi connectivity index (χ0v) is 14.9. The van der Waals surface area contributed by atoms with Crippen molar-refractivity contribution < 1.29 is 20.1 Å². The minimum atomic E-state index is -0.742. The molecule has 0 radical (unpaired) electrons. The fraction of sp³-hybridized carbons (Fsp3) is 0.650. The maximum absolute atomic E-state index is 10.3. The van der Waals surface area contributed by atoms with Crippen LogP contribution in [0.2, 0.25) is 0 Å². The minimum Gasteiger partial charge on any atom is -0.481 e. The lowest BCUT2D eigenvalue weighted by molar-refractivity contribution is -0.137. The first kappa shape index (κ1) is 22.6. The van der Waals surface area contributed by atoms with Crippen LogP contribution in [0.3, 0.4) is 0 Å². The van der Waals surface area contributed by atoms with Crippen LogP contribution in [0.15, 0.2) is 36.5 Å². The summed E-state index contributed by atoms with van der Waals surface area (Å²) in [6, 6.07) is 0. The quantitative estimate of drug-likeness (QED) is 0.306. The number of rotatable bonds is 15. The van der Waals surface area contributed by atoms with E-state index < -0.39 is 18.2 Å². The Labute approximate surface area is 146 Å². The molecule has 0 spiro atoms. The van der Waals surface area contributed by atoms with E-state index in [-0.39, 0.29) is 6.42 Å². The van der Waals surface area contributed by atoms with E-state index in [9.17, 15) is 15.0 Å². The third kappa shape index (κ3) is 15.5. The average molecular weight is 338 g/mol. The van der Waals surface area contributed by atoms with Crippen LogP contribution in [-0.2, 0) is 4.79 Å². The average Bonchev–Trinajstić information content (AvgIpc) is 2.55. The van der Waals surface area contributed by atoms with Crippen molar-refractivity contribution in [2.75, 3.05) is 0 Å². The topological polar surface area (TPSA) is 77.8 Å². The number of aliphatic hydroxyl groups excluding tert-OH is 2. The zero-order valence-electron chi connectivity index (χ0n) is 14.9. The van der Waals surface area contributed by atoms with Gasteiger partial charge in [-0.25, -0.2) is 0 Å². The van der Waals surface area contributed by atoms with E-state index in [1.165, 1.54) is 0 Å². The standard InChI is InChI=1S/C20H34O4/c1-2-3-12-15-18(21)19(22)16-13-10-8-6-4-5-7-9-11-14-17-20(23)24/h4,6-7,9-10,13,18-19,21-22H,2-3,5,8,11-12,14-17H2,1H3,(H,23,24)/b6-4+,9-7+,13-10+/t18-,19-/m1/s1. The lowest BCUT2D eigenvalue weighted by Gasteiger charge is -2.15. The predicted octanol–water partition coefficient (Wildman–Crippen LogP) is 4.38. The molecule has 0 unspecified atom stereocenters. The van der Waals surface area contributed by atoms with Gasteiger partial charge in [-0.2, -0.15) is 0 Å². The zero-order chi connectivity index (χ0) is 18.0. The SMILES string of the molecule is CCCCC[C@@H](O)[C@H](O)C/C=C/C/C=C/C/C=C/CCCC(=O)O. The minimum absolute atomic E-state index is 0.226. The largest absolute Gasteiger partial charge is 0.481 e. The first-order valence-electron chi connectivity index (χ1n) is 9.10. The van der Waals surface area contributed by atoms with Crippen LogP contribution in [0.5, 0.6) is 0 Å². The molecule has 0 heterocycles. The summed E-state index contributed by atoms with van der Waals surface area (Å²) in [5.74, 6) is -0.742. The van der Waals surface area contributed by atoms with Crippen molar-refractivity contribution in [2.24, 2.45) is 0 Å². The molecule has 0 saturated carbocycles. The fourth-order valence-corrected chi connectivity index (χ4v) is 2.22. The molecule has 0 fully saturated rings. The number of aliphatic hydroxyl groups is 2. The van der Waals surface area contributed by atoms with E-state index in [1.54, 1.807) is 0 Å². The van der Waals surface area contributed by atoms with E-state index in [1.807, 2.05) is 24.3 Å². The van der Waals surface area contributed by atoms with Crippen LogP contribution in [-0.4, -0.2) is 33.5 Å². The van der Waals surface area contributed by atoms with Crippen molar-refractivity contribution >= 4 is 5.97 Å². The summed E-state index contributed by atoms with van der Waals surface area (Å²) < 4.78 is 0. The van der Waals surface area contributed by atoms with E-state index in [2.05, 4.69) is 19.1 Å². The first-order chi connectivity index (χ1) is 11.6. The van der Waals surface area contributed by atoms with Gasteiger partial charge in [0.25, 0.3) is 0 Å². The van der Waals surface area contributed by atoms with Crippen molar-refractivity contribution in [1.82, 2.24) is 0 Å². The van der Waals surface area contributed by atoms with Crippen molar-refractivity contribution in [1.29, 1.82) is 0 Å². The van der Waals surface area contributed by atoms with Gasteiger partial charge in [-0.3, -0.25) is 4.79 Å². The number of aliphatic carboxylic acids is 1. The van der Waals surface area contributed by atoms with Gasteiger partial charge in [-0.1, -0.05) is 62.6 Å². The van der Waals surface area contributed by atoms with Crippen LogP contribution in [0.25, 0.3) is 0 Å². The Bertz CT molecular complexity index is 385. The normalized spacial score (nSPS) is 14.8. The molecular weight excluding hydrogens is 304 g/mol. The number of hydrogen-bond donors (Lipinski definition) is 3. The maximum atomic E-state index is 10.3. The second-order valence-electron chi connectivity index (χ2n) is 6.04. The molecule has 138 valence electrons. The van der Waals surface area contributed by atoms with Crippen LogP contribution >= 0.6 is 0 Å². The van der Waals surface area contributed by atoms with Crippen LogP contribution < -0.4 is 0 Å². The highest BCUT2D eigenvalue weighted by Crippen LogP contribution is 2.10. The molecule has 0 amide bonds. The summed E-state index contributed by atoms with van der Waals surface area (Å²) in [5.41, 5.74) is 0. The van der Waals surface area contributed by atoms with Crippen LogP contribution in [0.4, 0.5) is 0 Å². The van der Waals surface area contributed by atoms with Gasteiger partial charge < -0.3 is 15.3 Å². The number of hydrogen-bond acceptors (Lipinski definition) is 3. The second-order valence-corrected chi connectivity index (χ2v) is 6.04. The monoisotopic (exact) mass is 338 g/mol. The Morgan fingerprint density at radius 2 is 1.50 bits per heavy atom. The van der Waals surface area contributed by atoms with Gasteiger partial charge in [0.15, 0.2) is 0 Å². The van der Waals surface area contributed by atoms with E-state index in [0.717, 1.165) is 38.5 Å². The summed E-state index contributed by atoms with van der Waals surface area (Å²) in [6.07, 6.45) is 18.5. The number of allylic oxidation sites excluding steroid dienone is 5. The summed E-state index contributed by atoms with van der Waals surface area (Å²) >= 11 is 0. The molecule has 0 aliphatic heterocycles. The van der Waals surface area contributed by atoms with Gasteiger partial charge in [-0.15, -0.1) is 0 Å². The van der Waals surface area contributed by atoms with Gasteiger partial charge >= 0.3 is 5.97 Å². The molecular formula is C20H34O4. The van der Waals surface area contributed by atoms with E-state index in [0.29, 0.717) is 19.3 Å². The first-order valence-corrected chi connectivity index (χ1v) is 9.10. The Balaban J connectivity index is 3.62. The molecule has 4 nitrogen and oxygen atoms in total. The molecule has 2 atom stereocenters. The van der Waals surface area contributed by atoms with E-state index in [4.69, 9.17) is 5.11 Å². The summed E-state index contributed by atoms with van der Waals surface area (Å²) in [6.45, 7) is 2.12. The number of carboxylic acid groups (broad SMARTS) is 1. The molecule has 0 aliphatic carbocycles. The molecule has 0 aliphatic rings. The number of carbonyl (C=O) groups is 1. The Hall–Kier alpha value is -1.39. The number of carboxylic acids is 1. The fourth-order valence-electron chi connectivity index (χ4n) is 2.22. The summed E-state index contributed by atoms with van der Waals surface area (Å²) in [4.78, 5) is 10.3. The van der Waals surface area contributed by atoms with Crippen molar-refractivity contribution in [3.8, 4) is 0 Å². The molecule has 0 bridgehead atoms. The van der Waals surface area contributed by atoms with Crippen molar-refractivity contribution in [2.45, 2.75) is 83.3 Å². The Morgan fingerprint density at radius 3 is 2.12 bits per heavy atom. The van der Waals surface area contributed by atoms with Crippen molar-refractivity contribution in [3.05, 3.63) is 36.5 Å². The highest BCUT2D eigenvalue weighted by molar-refractivity contribution is 5.66. The highest BCUT2D eigenvalue weighted by Gasteiger charge is 2.13. The lowest BCUT2D eigenvalue weighted by Crippen LogP contribution is -2.25. The van der Waals surface area contributed by atoms with Crippen molar-refractivity contribution in [3.63, 3.8) is 0 Å². The molecule has 24 heavy (non-hydrogen) atoms.